The quantitative estimate of drug-likeness (QED) is 0.334. The molecule has 1 N–H and O–H groups in total. The largest absolute Gasteiger partial charge is 0.395 e. The molecule has 1 heterocycles. The molecule has 27 heavy (non-hydrogen) atoms. The van der Waals surface area contributed by atoms with Crippen LogP contribution in [-0.4, -0.2) is 41.0 Å². The molecule has 2 aromatic carbocycles. The number of hydrogen-bond acceptors (Lipinski definition) is 3. The lowest BCUT2D eigenvalue weighted by Gasteiger charge is -2.44. The van der Waals surface area contributed by atoms with Crippen LogP contribution in [-0.2, 0) is 11.3 Å². The second-order valence-corrected chi connectivity index (χ2v) is 9.20. The van der Waals surface area contributed by atoms with Gasteiger partial charge in [-0.05, 0) is 28.7 Å². The van der Waals surface area contributed by atoms with E-state index in [2.05, 4.69) is 10.0 Å². The minimum atomic E-state index is -1.44. The number of aliphatic hydroxyl groups excluding tert-OH is 1. The van der Waals surface area contributed by atoms with E-state index in [9.17, 15) is 5.11 Å². The zero-order valence-corrected chi connectivity index (χ0v) is 16.0. The highest BCUT2D eigenvalue weighted by molar-refractivity contribution is 8.17. The van der Waals surface area contributed by atoms with Gasteiger partial charge in [0.05, 0.1) is 19.3 Å². The Kier molecular flexibility index (Phi) is 6.74. The summed E-state index contributed by atoms with van der Waals surface area (Å²) in [6.45, 7) is 2.10. The van der Waals surface area contributed by atoms with E-state index in [0.717, 1.165) is 16.0 Å². The molecule has 0 radical (unpaired) electrons. The van der Waals surface area contributed by atoms with Gasteiger partial charge in [-0.15, -0.1) is 0 Å². The van der Waals surface area contributed by atoms with Crippen molar-refractivity contribution in [3.8, 4) is 0 Å². The smallest absolute Gasteiger partial charge is 0.136 e. The number of ether oxygens (including phenoxy) is 1. The lowest BCUT2D eigenvalue weighted by Crippen LogP contribution is -2.50. The van der Waals surface area contributed by atoms with Gasteiger partial charge in [0.1, 0.15) is 12.3 Å². The summed E-state index contributed by atoms with van der Waals surface area (Å²) in [6.07, 6.45) is -2.25. The lowest BCUT2D eigenvalue weighted by molar-refractivity contribution is -0.0303. The van der Waals surface area contributed by atoms with Crippen molar-refractivity contribution in [2.24, 2.45) is 5.11 Å². The first kappa shape index (κ1) is 19.7. The van der Waals surface area contributed by atoms with Gasteiger partial charge in [-0.3, -0.25) is 0 Å². The van der Waals surface area contributed by atoms with Crippen LogP contribution in [0.1, 0.15) is 11.1 Å². The summed E-state index contributed by atoms with van der Waals surface area (Å²) in [5, 5.41) is 13.4. The molecule has 0 aliphatic carbocycles. The van der Waals surface area contributed by atoms with E-state index in [0.29, 0.717) is 5.75 Å². The van der Waals surface area contributed by atoms with Crippen LogP contribution in [0, 0.1) is 6.92 Å². The van der Waals surface area contributed by atoms with Gasteiger partial charge in [-0.2, -0.15) is 0 Å². The second kappa shape index (κ2) is 9.24. The van der Waals surface area contributed by atoms with E-state index < -0.39 is 29.2 Å². The van der Waals surface area contributed by atoms with Crippen LogP contribution < -0.4 is 0 Å². The number of nitrogens with zero attached hydrogens (tertiary/aromatic N) is 3. The van der Waals surface area contributed by atoms with Crippen molar-refractivity contribution >= 4 is 10.9 Å². The Morgan fingerprint density at radius 3 is 2.56 bits per heavy atom. The molecule has 0 aromatic heterocycles. The van der Waals surface area contributed by atoms with E-state index in [1.54, 1.807) is 0 Å². The molecule has 0 spiro atoms. The SMILES string of the molecule is Cc1ccc([SH]2C[C@H](N=[N+]=[N-])[C@@H](F)[C@@H](OCc3ccccc3)[C@H]2CO)cc1. The molecule has 1 aliphatic heterocycles. The van der Waals surface area contributed by atoms with Crippen molar-refractivity contribution in [3.05, 3.63) is 76.2 Å². The Morgan fingerprint density at radius 2 is 1.93 bits per heavy atom. The summed E-state index contributed by atoms with van der Waals surface area (Å²) in [5.74, 6) is 0.417. The van der Waals surface area contributed by atoms with E-state index in [-0.39, 0.29) is 18.5 Å². The fourth-order valence-corrected chi connectivity index (χ4v) is 6.29. The van der Waals surface area contributed by atoms with Crippen LogP contribution in [0.2, 0.25) is 0 Å². The Morgan fingerprint density at radius 1 is 1.22 bits per heavy atom. The molecule has 144 valence electrons. The van der Waals surface area contributed by atoms with Crippen molar-refractivity contribution in [2.75, 3.05) is 12.4 Å². The Hall–Kier alpha value is -2.05. The van der Waals surface area contributed by atoms with Crippen molar-refractivity contribution < 1.29 is 14.2 Å². The van der Waals surface area contributed by atoms with Crippen molar-refractivity contribution in [1.82, 2.24) is 0 Å². The highest BCUT2D eigenvalue weighted by Crippen LogP contribution is 2.49. The fraction of sp³-hybridized carbons (Fsp3) is 0.400. The summed E-state index contributed by atoms with van der Waals surface area (Å²) in [4.78, 5) is 3.90. The second-order valence-electron chi connectivity index (χ2n) is 6.72. The Balaban J connectivity index is 1.87. The molecule has 1 fully saturated rings. The molecule has 5 atom stereocenters. The molecular formula is C20H24FN3O2S. The van der Waals surface area contributed by atoms with Gasteiger partial charge < -0.3 is 9.84 Å². The maximum atomic E-state index is 15.1. The summed E-state index contributed by atoms with van der Waals surface area (Å²) < 4.78 is 21.0. The third-order valence-electron chi connectivity index (χ3n) is 4.88. The highest BCUT2D eigenvalue weighted by Gasteiger charge is 2.44. The van der Waals surface area contributed by atoms with Crippen LogP contribution in [0.5, 0.6) is 0 Å². The van der Waals surface area contributed by atoms with E-state index in [4.69, 9.17) is 10.3 Å². The maximum absolute atomic E-state index is 15.1. The first-order chi connectivity index (χ1) is 13.1. The predicted octanol–water partition coefficient (Wildman–Crippen LogP) is 4.33. The number of alkyl halides is 1. The van der Waals surface area contributed by atoms with Gasteiger partial charge in [-0.1, -0.05) is 65.3 Å². The number of halogens is 1. The molecule has 3 rings (SSSR count). The number of benzene rings is 2. The minimum Gasteiger partial charge on any atom is -0.395 e. The molecule has 0 bridgehead atoms. The van der Waals surface area contributed by atoms with Crippen LogP contribution in [0.25, 0.3) is 10.4 Å². The topological polar surface area (TPSA) is 78.2 Å². The minimum absolute atomic E-state index is 0.164. The standard InChI is InChI=1S/C20H24FN3O2S/c1-14-7-9-16(10-8-14)27-13-17(23-24-22)19(21)20(18(27)11-25)26-12-15-5-3-2-4-6-15/h2-10,17-20,25,27H,11-13H2,1H3/t17-,18+,19+,20-/m0/s1. The van der Waals surface area contributed by atoms with Gasteiger partial charge in [0.2, 0.25) is 0 Å². The van der Waals surface area contributed by atoms with Crippen LogP contribution in [0.15, 0.2) is 64.6 Å². The molecule has 7 heteroatoms. The first-order valence-corrected chi connectivity index (χ1v) is 10.5. The number of hydrogen-bond donors (Lipinski definition) is 2. The molecule has 1 aliphatic rings. The van der Waals surface area contributed by atoms with E-state index in [1.165, 1.54) is 0 Å². The number of thiol groups is 1. The lowest BCUT2D eigenvalue weighted by atomic mass is 10.0. The zero-order chi connectivity index (χ0) is 19.2. The number of azide groups is 1. The average Bonchev–Trinajstić information content (AvgIpc) is 2.70. The Labute approximate surface area is 161 Å². The number of aliphatic hydroxyl groups is 1. The number of aryl methyl sites for hydroxylation is 1. The van der Waals surface area contributed by atoms with Gasteiger partial charge >= 0.3 is 0 Å². The van der Waals surface area contributed by atoms with Crippen LogP contribution in [0.4, 0.5) is 4.39 Å². The predicted molar refractivity (Wildman–Crippen MR) is 107 cm³/mol. The fourth-order valence-electron chi connectivity index (χ4n) is 3.42. The first-order valence-electron chi connectivity index (χ1n) is 8.92. The highest BCUT2D eigenvalue weighted by atomic mass is 32.2. The molecule has 1 unspecified atom stereocenters. The summed E-state index contributed by atoms with van der Waals surface area (Å²) >= 11 is 0. The summed E-state index contributed by atoms with van der Waals surface area (Å²) in [5.41, 5.74) is 10.9. The molecule has 0 saturated carbocycles. The number of rotatable bonds is 6. The third-order valence-corrected chi connectivity index (χ3v) is 7.87. The molecule has 2 aromatic rings. The molecule has 1 saturated heterocycles. The van der Waals surface area contributed by atoms with Gasteiger partial charge in [0, 0.05) is 10.2 Å². The van der Waals surface area contributed by atoms with Gasteiger partial charge in [0.15, 0.2) is 0 Å². The zero-order valence-electron chi connectivity index (χ0n) is 15.1. The normalized spacial score (nSPS) is 29.1. The molecule has 0 amide bonds. The van der Waals surface area contributed by atoms with Crippen LogP contribution >= 0.6 is 10.9 Å². The Bertz CT molecular complexity index is 784. The average molecular weight is 389 g/mol. The van der Waals surface area contributed by atoms with Crippen molar-refractivity contribution in [1.29, 1.82) is 0 Å². The summed E-state index contributed by atoms with van der Waals surface area (Å²) in [6, 6.07) is 16.8. The van der Waals surface area contributed by atoms with Gasteiger partial charge in [0.25, 0.3) is 0 Å². The van der Waals surface area contributed by atoms with E-state index >= 15 is 4.39 Å². The summed E-state index contributed by atoms with van der Waals surface area (Å²) in [7, 11) is -0.920. The third kappa shape index (κ3) is 4.62. The molecular weight excluding hydrogens is 365 g/mol. The van der Waals surface area contributed by atoms with E-state index in [1.807, 2.05) is 61.5 Å². The van der Waals surface area contributed by atoms with Crippen molar-refractivity contribution in [3.63, 3.8) is 0 Å². The van der Waals surface area contributed by atoms with Crippen molar-refractivity contribution in [2.45, 2.75) is 42.0 Å². The van der Waals surface area contributed by atoms with Gasteiger partial charge in [-0.25, -0.2) is 15.3 Å². The monoisotopic (exact) mass is 389 g/mol. The van der Waals surface area contributed by atoms with Crippen LogP contribution in [0.3, 0.4) is 0 Å². The maximum Gasteiger partial charge on any atom is 0.136 e. The molecule has 5 nitrogen and oxygen atoms in total.